The first-order chi connectivity index (χ1) is 8.59. The second-order valence-electron chi connectivity index (χ2n) is 4.15. The molecule has 0 bridgehead atoms. The molecular formula is C13H15BrN4. The zero-order chi connectivity index (χ0) is 13.1. The Balaban J connectivity index is 2.22. The molecule has 0 spiro atoms. The van der Waals surface area contributed by atoms with Crippen molar-refractivity contribution >= 4 is 27.4 Å². The Hall–Kier alpha value is -1.62. The number of nitrogens with two attached hydrogens (primary N) is 1. The third-order valence-electron chi connectivity index (χ3n) is 2.84. The molecule has 94 valence electrons. The molecule has 2 heterocycles. The van der Waals surface area contributed by atoms with E-state index < -0.39 is 0 Å². The van der Waals surface area contributed by atoms with Gasteiger partial charge in [-0.3, -0.25) is 4.98 Å². The van der Waals surface area contributed by atoms with Crippen molar-refractivity contribution < 1.29 is 0 Å². The molecule has 2 aromatic rings. The fourth-order valence-corrected chi connectivity index (χ4v) is 2.06. The van der Waals surface area contributed by atoms with Crippen LogP contribution in [0.1, 0.15) is 24.1 Å². The summed E-state index contributed by atoms with van der Waals surface area (Å²) in [4.78, 5) is 8.41. The summed E-state index contributed by atoms with van der Waals surface area (Å²) in [6.07, 6.45) is 5.27. The molecule has 2 aromatic heterocycles. The first-order valence-corrected chi connectivity index (χ1v) is 6.46. The van der Waals surface area contributed by atoms with Crippen LogP contribution < -0.4 is 11.1 Å². The lowest BCUT2D eigenvalue weighted by Gasteiger charge is -2.17. The minimum absolute atomic E-state index is 0.130. The number of aromatic nitrogens is 2. The Bertz CT molecular complexity index is 542. The predicted octanol–water partition coefficient (Wildman–Crippen LogP) is 3.30. The summed E-state index contributed by atoms with van der Waals surface area (Å²) in [7, 11) is 0. The number of anilines is 2. The van der Waals surface area contributed by atoms with Crippen molar-refractivity contribution in [1.29, 1.82) is 0 Å². The summed E-state index contributed by atoms with van der Waals surface area (Å²) in [5.41, 5.74) is 8.59. The van der Waals surface area contributed by atoms with Gasteiger partial charge in [-0.2, -0.15) is 0 Å². The van der Waals surface area contributed by atoms with Crippen LogP contribution in [-0.4, -0.2) is 9.97 Å². The van der Waals surface area contributed by atoms with E-state index in [4.69, 9.17) is 5.73 Å². The van der Waals surface area contributed by atoms with E-state index in [9.17, 15) is 0 Å². The van der Waals surface area contributed by atoms with Crippen LogP contribution in [0.25, 0.3) is 0 Å². The summed E-state index contributed by atoms with van der Waals surface area (Å²) in [5, 5.41) is 3.34. The maximum Gasteiger partial charge on any atom is 0.141 e. The van der Waals surface area contributed by atoms with Gasteiger partial charge in [0.1, 0.15) is 5.82 Å². The van der Waals surface area contributed by atoms with E-state index in [0.29, 0.717) is 5.69 Å². The molecule has 0 fully saturated rings. The van der Waals surface area contributed by atoms with Gasteiger partial charge < -0.3 is 11.1 Å². The summed E-state index contributed by atoms with van der Waals surface area (Å²) in [5.74, 6) is 0.790. The van der Waals surface area contributed by atoms with Gasteiger partial charge in [0.15, 0.2) is 0 Å². The molecule has 0 aliphatic rings. The molecule has 1 unspecified atom stereocenters. The molecule has 0 saturated heterocycles. The SMILES string of the molecule is Cc1c(N)cnc(NC(C)c2cccnc2)c1Br. The lowest BCUT2D eigenvalue weighted by atomic mass is 10.1. The third kappa shape index (κ3) is 2.61. The third-order valence-corrected chi connectivity index (χ3v) is 3.81. The van der Waals surface area contributed by atoms with E-state index in [0.717, 1.165) is 21.4 Å². The van der Waals surface area contributed by atoms with Gasteiger partial charge in [-0.15, -0.1) is 0 Å². The van der Waals surface area contributed by atoms with Crippen LogP contribution in [0.15, 0.2) is 35.2 Å². The number of hydrogen-bond donors (Lipinski definition) is 2. The highest BCUT2D eigenvalue weighted by Gasteiger charge is 2.11. The van der Waals surface area contributed by atoms with E-state index in [1.165, 1.54) is 0 Å². The molecule has 18 heavy (non-hydrogen) atoms. The normalized spacial score (nSPS) is 12.2. The Labute approximate surface area is 115 Å². The molecule has 0 radical (unpaired) electrons. The Morgan fingerprint density at radius 2 is 2.17 bits per heavy atom. The van der Waals surface area contributed by atoms with Crippen molar-refractivity contribution in [2.75, 3.05) is 11.1 Å². The lowest BCUT2D eigenvalue weighted by molar-refractivity contribution is 0.864. The maximum absolute atomic E-state index is 5.80. The number of hydrogen-bond acceptors (Lipinski definition) is 4. The highest BCUT2D eigenvalue weighted by atomic mass is 79.9. The van der Waals surface area contributed by atoms with Crippen LogP contribution in [0.5, 0.6) is 0 Å². The lowest BCUT2D eigenvalue weighted by Crippen LogP contribution is -2.09. The molecule has 3 N–H and O–H groups in total. The number of nitrogens with one attached hydrogen (secondary N) is 1. The van der Waals surface area contributed by atoms with Gasteiger partial charge in [-0.25, -0.2) is 4.98 Å². The number of halogens is 1. The highest BCUT2D eigenvalue weighted by Crippen LogP contribution is 2.29. The van der Waals surface area contributed by atoms with Gasteiger partial charge in [-0.05, 0) is 47.0 Å². The van der Waals surface area contributed by atoms with Gasteiger partial charge in [0, 0.05) is 12.4 Å². The predicted molar refractivity (Wildman–Crippen MR) is 77.4 cm³/mol. The van der Waals surface area contributed by atoms with Crippen molar-refractivity contribution in [2.45, 2.75) is 19.9 Å². The Morgan fingerprint density at radius 3 is 2.83 bits per heavy atom. The molecule has 0 aliphatic heterocycles. The summed E-state index contributed by atoms with van der Waals surface area (Å²) in [6, 6.07) is 4.08. The minimum atomic E-state index is 0.130. The Morgan fingerprint density at radius 1 is 1.39 bits per heavy atom. The van der Waals surface area contributed by atoms with Crippen LogP contribution in [0.4, 0.5) is 11.5 Å². The van der Waals surface area contributed by atoms with Crippen molar-refractivity contribution in [3.63, 3.8) is 0 Å². The first kappa shape index (κ1) is 12.8. The van der Waals surface area contributed by atoms with E-state index in [2.05, 4.69) is 38.1 Å². The minimum Gasteiger partial charge on any atom is -0.397 e. The van der Waals surface area contributed by atoms with Gasteiger partial charge in [0.2, 0.25) is 0 Å². The molecule has 0 amide bonds. The highest BCUT2D eigenvalue weighted by molar-refractivity contribution is 9.10. The largest absolute Gasteiger partial charge is 0.397 e. The van der Waals surface area contributed by atoms with Crippen molar-refractivity contribution in [1.82, 2.24) is 9.97 Å². The second-order valence-corrected chi connectivity index (χ2v) is 4.95. The zero-order valence-electron chi connectivity index (χ0n) is 10.3. The van der Waals surface area contributed by atoms with E-state index >= 15 is 0 Å². The quantitative estimate of drug-likeness (QED) is 0.913. The van der Waals surface area contributed by atoms with Crippen LogP contribution in [0.3, 0.4) is 0 Å². The number of rotatable bonds is 3. The van der Waals surface area contributed by atoms with Crippen LogP contribution in [0.2, 0.25) is 0 Å². The number of nitrogens with zero attached hydrogens (tertiary/aromatic N) is 2. The smallest absolute Gasteiger partial charge is 0.141 e. The van der Waals surface area contributed by atoms with Gasteiger partial charge in [-0.1, -0.05) is 6.07 Å². The number of pyridine rings is 2. The van der Waals surface area contributed by atoms with Crippen molar-refractivity contribution in [3.8, 4) is 0 Å². The van der Waals surface area contributed by atoms with Gasteiger partial charge >= 0.3 is 0 Å². The standard InChI is InChI=1S/C13H15BrN4/c1-8-11(15)7-17-13(12(8)14)18-9(2)10-4-3-5-16-6-10/h3-7,9H,15H2,1-2H3,(H,17,18). The monoisotopic (exact) mass is 306 g/mol. The Kier molecular flexibility index (Phi) is 3.81. The van der Waals surface area contributed by atoms with Crippen LogP contribution in [-0.2, 0) is 0 Å². The number of nitrogen functional groups attached to an aromatic ring is 1. The molecule has 2 rings (SSSR count). The molecule has 1 atom stereocenters. The summed E-state index contributed by atoms with van der Waals surface area (Å²) < 4.78 is 0.901. The van der Waals surface area contributed by atoms with Crippen LogP contribution in [0, 0.1) is 6.92 Å². The second kappa shape index (κ2) is 5.35. The zero-order valence-corrected chi connectivity index (χ0v) is 11.9. The fraction of sp³-hybridized carbons (Fsp3) is 0.231. The molecular weight excluding hydrogens is 292 g/mol. The molecule has 0 aromatic carbocycles. The summed E-state index contributed by atoms with van der Waals surface area (Å²) >= 11 is 3.51. The van der Waals surface area contributed by atoms with Crippen molar-refractivity contribution in [2.24, 2.45) is 0 Å². The fourth-order valence-electron chi connectivity index (χ4n) is 1.61. The topological polar surface area (TPSA) is 63.8 Å². The summed E-state index contributed by atoms with van der Waals surface area (Å²) in [6.45, 7) is 4.03. The molecule has 0 aliphatic carbocycles. The first-order valence-electron chi connectivity index (χ1n) is 5.66. The van der Waals surface area contributed by atoms with Crippen molar-refractivity contribution in [3.05, 3.63) is 46.3 Å². The van der Waals surface area contributed by atoms with E-state index in [1.54, 1.807) is 12.4 Å². The van der Waals surface area contributed by atoms with Gasteiger partial charge in [0.05, 0.1) is 22.4 Å². The molecule has 0 saturated carbocycles. The molecule has 4 nitrogen and oxygen atoms in total. The molecule has 5 heteroatoms. The van der Waals surface area contributed by atoms with Gasteiger partial charge in [0.25, 0.3) is 0 Å². The maximum atomic E-state index is 5.80. The van der Waals surface area contributed by atoms with E-state index in [1.807, 2.05) is 25.3 Å². The average Bonchev–Trinajstić information content (AvgIpc) is 2.40. The van der Waals surface area contributed by atoms with Crippen LogP contribution >= 0.6 is 15.9 Å². The van der Waals surface area contributed by atoms with E-state index in [-0.39, 0.29) is 6.04 Å². The average molecular weight is 307 g/mol.